The molecule has 5 rings (SSSR count). The van der Waals surface area contributed by atoms with E-state index in [1.54, 1.807) is 0 Å². The Labute approximate surface area is 154 Å². The first-order valence-electron chi connectivity index (χ1n) is 9.29. The molecule has 3 aromatic carbocycles. The maximum atomic E-state index is 2.39. The molecule has 2 aliphatic carbocycles. The molecule has 2 aliphatic rings. The predicted octanol–water partition coefficient (Wildman–Crippen LogP) is 6.90. The van der Waals surface area contributed by atoms with Crippen LogP contribution in [-0.4, -0.2) is 0 Å². The van der Waals surface area contributed by atoms with Crippen LogP contribution in [-0.2, 0) is 0 Å². The topological polar surface area (TPSA) is 0 Å². The van der Waals surface area contributed by atoms with Crippen molar-refractivity contribution in [1.82, 2.24) is 0 Å². The third-order valence-electron chi connectivity index (χ3n) is 5.28. The summed E-state index contributed by atoms with van der Waals surface area (Å²) in [5.41, 5.74) is 10.7. The van der Waals surface area contributed by atoms with Gasteiger partial charge in [-0.15, -0.1) is 0 Å². The molecule has 124 valence electrons. The lowest BCUT2D eigenvalue weighted by atomic mass is 9.86. The molecule has 0 unspecified atom stereocenters. The Balaban J connectivity index is 1.89. The van der Waals surface area contributed by atoms with Crippen LogP contribution in [0.3, 0.4) is 0 Å². The van der Waals surface area contributed by atoms with Gasteiger partial charge in [-0.3, -0.25) is 0 Å². The zero-order valence-corrected chi connectivity index (χ0v) is 14.7. The molecule has 0 aromatic heterocycles. The molecule has 0 heteroatoms. The molecule has 0 spiro atoms. The van der Waals surface area contributed by atoms with Gasteiger partial charge in [-0.2, -0.15) is 0 Å². The minimum atomic E-state index is 1.11. The second-order valence-corrected chi connectivity index (χ2v) is 6.85. The maximum absolute atomic E-state index is 2.39. The molecule has 0 radical (unpaired) electrons. The second-order valence-electron chi connectivity index (χ2n) is 6.85. The molecule has 0 atom stereocenters. The van der Waals surface area contributed by atoms with Gasteiger partial charge in [0.1, 0.15) is 0 Å². The summed E-state index contributed by atoms with van der Waals surface area (Å²) in [5.74, 6) is 0. The van der Waals surface area contributed by atoms with Crippen LogP contribution < -0.4 is 0 Å². The number of fused-ring (bicyclic) bond motifs is 3. The van der Waals surface area contributed by atoms with Crippen LogP contribution in [0.1, 0.15) is 29.5 Å². The zero-order valence-electron chi connectivity index (χ0n) is 14.7. The SMILES string of the molecule is C1=CC(C(=C2c3ccccc3-c3ccccc32)c2ccccc2)=CCC1. The van der Waals surface area contributed by atoms with Crippen LogP contribution >= 0.6 is 0 Å². The number of hydrogen-bond acceptors (Lipinski definition) is 0. The largest absolute Gasteiger partial charge is 0.0836 e. The molecule has 0 saturated heterocycles. The van der Waals surface area contributed by atoms with Gasteiger partial charge in [0.2, 0.25) is 0 Å². The third-order valence-corrected chi connectivity index (χ3v) is 5.28. The summed E-state index contributed by atoms with van der Waals surface area (Å²) in [6, 6.07) is 28.4. The molecule has 0 saturated carbocycles. The van der Waals surface area contributed by atoms with Crippen molar-refractivity contribution in [3.63, 3.8) is 0 Å². The van der Waals surface area contributed by atoms with E-state index in [0.717, 1.165) is 12.8 Å². The van der Waals surface area contributed by atoms with Crippen molar-refractivity contribution < 1.29 is 0 Å². The Morgan fingerprint density at radius 1 is 0.577 bits per heavy atom. The van der Waals surface area contributed by atoms with Gasteiger partial charge in [0.25, 0.3) is 0 Å². The van der Waals surface area contributed by atoms with E-state index < -0.39 is 0 Å². The highest BCUT2D eigenvalue weighted by Crippen LogP contribution is 2.49. The first kappa shape index (κ1) is 15.2. The van der Waals surface area contributed by atoms with Crippen LogP contribution in [0.25, 0.3) is 22.3 Å². The Morgan fingerprint density at radius 3 is 1.73 bits per heavy atom. The van der Waals surface area contributed by atoms with Gasteiger partial charge in [0.15, 0.2) is 0 Å². The van der Waals surface area contributed by atoms with E-state index in [0.29, 0.717) is 0 Å². The van der Waals surface area contributed by atoms with Gasteiger partial charge in [-0.05, 0) is 57.4 Å². The number of allylic oxidation sites excluding steroid dienone is 5. The lowest BCUT2D eigenvalue weighted by Crippen LogP contribution is -1.96. The highest BCUT2D eigenvalue weighted by atomic mass is 14.3. The van der Waals surface area contributed by atoms with E-state index in [1.807, 2.05) is 0 Å². The van der Waals surface area contributed by atoms with Crippen molar-refractivity contribution in [3.05, 3.63) is 119 Å². The smallest absolute Gasteiger partial charge is 0.00144 e. The van der Waals surface area contributed by atoms with Crippen LogP contribution in [0.2, 0.25) is 0 Å². The predicted molar refractivity (Wildman–Crippen MR) is 111 cm³/mol. The molecule has 0 heterocycles. The van der Waals surface area contributed by atoms with Gasteiger partial charge in [-0.1, -0.05) is 97.1 Å². The Kier molecular flexibility index (Phi) is 3.68. The highest BCUT2D eigenvalue weighted by Gasteiger charge is 2.27. The summed E-state index contributed by atoms with van der Waals surface area (Å²) in [4.78, 5) is 0. The molecular formula is C26H20. The quantitative estimate of drug-likeness (QED) is 0.374. The average Bonchev–Trinajstić information content (AvgIpc) is 3.05. The first-order chi connectivity index (χ1) is 12.9. The zero-order chi connectivity index (χ0) is 17.3. The molecule has 3 aromatic rings. The van der Waals surface area contributed by atoms with Gasteiger partial charge in [0, 0.05) is 0 Å². The van der Waals surface area contributed by atoms with E-state index in [9.17, 15) is 0 Å². The summed E-state index contributed by atoms with van der Waals surface area (Å²) in [7, 11) is 0. The van der Waals surface area contributed by atoms with Crippen LogP contribution in [0.4, 0.5) is 0 Å². The summed E-state index contributed by atoms with van der Waals surface area (Å²) in [6.45, 7) is 0. The van der Waals surface area contributed by atoms with Crippen molar-refractivity contribution in [1.29, 1.82) is 0 Å². The maximum Gasteiger partial charge on any atom is -0.00144 e. The van der Waals surface area contributed by atoms with Crippen molar-refractivity contribution >= 4 is 11.1 Å². The molecule has 0 amide bonds. The summed E-state index contributed by atoms with van der Waals surface area (Å²) in [5, 5.41) is 0. The van der Waals surface area contributed by atoms with Crippen LogP contribution in [0.5, 0.6) is 0 Å². The van der Waals surface area contributed by atoms with Crippen molar-refractivity contribution in [2.45, 2.75) is 12.8 Å². The summed E-state index contributed by atoms with van der Waals surface area (Å²) in [6.07, 6.45) is 9.22. The molecule has 0 N–H and O–H groups in total. The van der Waals surface area contributed by atoms with Crippen molar-refractivity contribution in [2.75, 3.05) is 0 Å². The lowest BCUT2D eigenvalue weighted by Gasteiger charge is -2.17. The highest BCUT2D eigenvalue weighted by molar-refractivity contribution is 6.14. The van der Waals surface area contributed by atoms with E-state index in [1.165, 1.54) is 44.5 Å². The van der Waals surface area contributed by atoms with Crippen LogP contribution in [0, 0.1) is 0 Å². The van der Waals surface area contributed by atoms with E-state index in [-0.39, 0.29) is 0 Å². The van der Waals surface area contributed by atoms with E-state index in [2.05, 4.69) is 97.1 Å². The molecule has 0 nitrogen and oxygen atoms in total. The van der Waals surface area contributed by atoms with Gasteiger partial charge < -0.3 is 0 Å². The van der Waals surface area contributed by atoms with Gasteiger partial charge >= 0.3 is 0 Å². The monoisotopic (exact) mass is 332 g/mol. The van der Waals surface area contributed by atoms with Crippen molar-refractivity contribution in [3.8, 4) is 11.1 Å². The Morgan fingerprint density at radius 2 is 1.15 bits per heavy atom. The van der Waals surface area contributed by atoms with E-state index in [4.69, 9.17) is 0 Å². The van der Waals surface area contributed by atoms with Gasteiger partial charge in [0.05, 0.1) is 0 Å². The lowest BCUT2D eigenvalue weighted by molar-refractivity contribution is 1.03. The fourth-order valence-corrected chi connectivity index (χ4v) is 4.15. The standard InChI is InChI=1S/C26H20/c1-3-11-19(12-4-1)25(20-13-5-2-6-14-20)26-23-17-9-7-15-21(23)22-16-8-10-18-24(22)26/h1,3-5,7-18H,2,6H2. The number of hydrogen-bond donors (Lipinski definition) is 0. The minimum absolute atomic E-state index is 1.11. The molecular weight excluding hydrogens is 312 g/mol. The average molecular weight is 332 g/mol. The summed E-state index contributed by atoms with van der Waals surface area (Å²) >= 11 is 0. The molecule has 0 bridgehead atoms. The third kappa shape index (κ3) is 2.38. The molecule has 0 aliphatic heterocycles. The normalized spacial score (nSPS) is 14.6. The van der Waals surface area contributed by atoms with Gasteiger partial charge in [-0.25, -0.2) is 0 Å². The van der Waals surface area contributed by atoms with E-state index >= 15 is 0 Å². The molecule has 0 fully saturated rings. The van der Waals surface area contributed by atoms with Crippen molar-refractivity contribution in [2.24, 2.45) is 0 Å². The Bertz CT molecular complexity index is 1010. The first-order valence-corrected chi connectivity index (χ1v) is 9.29. The minimum Gasteiger partial charge on any atom is -0.0836 e. The fraction of sp³-hybridized carbons (Fsp3) is 0.0769. The fourth-order valence-electron chi connectivity index (χ4n) is 4.15. The number of benzene rings is 3. The Hall–Kier alpha value is -3.12. The van der Waals surface area contributed by atoms with Crippen LogP contribution in [0.15, 0.2) is 103 Å². The second kappa shape index (κ2) is 6.31. The number of rotatable bonds is 2. The summed E-state index contributed by atoms with van der Waals surface area (Å²) < 4.78 is 0. The molecule has 26 heavy (non-hydrogen) atoms.